The monoisotopic (exact) mass is 702 g/mol. The van der Waals surface area contributed by atoms with E-state index < -0.39 is 32.4 Å². The molecule has 0 aliphatic heterocycles. The standard InChI is InChI=1S/C31H29BrF2N4O4S2/c1-17(2)44(39,40)19(4)42-18(3)31-38-28(15-43-31)23-12-24-27(13-26(23)34)35-16-36-30(24)37-22-8-9-29(25(32)11-22)41-14-20-6-5-7-21(33)10-20/h5-13,15-19H,14H2,1-4H3,(H,35,36,37). The van der Waals surface area contributed by atoms with E-state index in [0.717, 1.165) is 0 Å². The quantitative estimate of drug-likeness (QED) is 0.146. The van der Waals surface area contributed by atoms with E-state index in [-0.39, 0.29) is 18.0 Å². The van der Waals surface area contributed by atoms with E-state index >= 15 is 4.39 Å². The molecule has 0 spiro atoms. The molecule has 0 aliphatic carbocycles. The van der Waals surface area contributed by atoms with E-state index in [1.54, 1.807) is 56.5 Å². The van der Waals surface area contributed by atoms with Gasteiger partial charge in [0.15, 0.2) is 15.3 Å². The average Bonchev–Trinajstić information content (AvgIpc) is 3.47. The SMILES string of the molecule is CC(OC(C)S(=O)(=O)C(C)C)c1nc(-c2cc3c(Nc4ccc(OCc5cccc(F)c5)c(Br)c4)ncnc3cc2F)cs1. The van der Waals surface area contributed by atoms with Gasteiger partial charge in [0.05, 0.1) is 20.9 Å². The lowest BCUT2D eigenvalue weighted by molar-refractivity contribution is 0.0499. The van der Waals surface area contributed by atoms with Crippen LogP contribution in [0.3, 0.4) is 0 Å². The number of anilines is 2. The highest BCUT2D eigenvalue weighted by Gasteiger charge is 2.28. The Bertz CT molecular complexity index is 1920. The first-order valence-electron chi connectivity index (χ1n) is 13.6. The summed E-state index contributed by atoms with van der Waals surface area (Å²) in [5.41, 5.74) is 1.41. The summed E-state index contributed by atoms with van der Waals surface area (Å²) >= 11 is 4.78. The number of aromatic nitrogens is 3. The van der Waals surface area contributed by atoms with Crippen LogP contribution >= 0.6 is 27.3 Å². The molecule has 5 rings (SSSR count). The molecular formula is C31H29BrF2N4O4S2. The average molecular weight is 704 g/mol. The molecule has 44 heavy (non-hydrogen) atoms. The maximum Gasteiger partial charge on any atom is 0.179 e. The molecule has 0 amide bonds. The molecule has 0 fully saturated rings. The number of nitrogens with one attached hydrogen (secondary N) is 1. The van der Waals surface area contributed by atoms with Gasteiger partial charge in [-0.25, -0.2) is 32.2 Å². The topological polar surface area (TPSA) is 103 Å². The lowest BCUT2D eigenvalue weighted by Crippen LogP contribution is -2.29. The molecule has 8 nitrogen and oxygen atoms in total. The van der Waals surface area contributed by atoms with Gasteiger partial charge in [-0.3, -0.25) is 0 Å². The second-order valence-corrected chi connectivity index (χ2v) is 14.8. The van der Waals surface area contributed by atoms with Crippen molar-refractivity contribution in [3.63, 3.8) is 0 Å². The van der Waals surface area contributed by atoms with Gasteiger partial charge in [-0.1, -0.05) is 12.1 Å². The molecule has 230 valence electrons. The molecule has 5 aromatic rings. The van der Waals surface area contributed by atoms with Crippen molar-refractivity contribution in [2.45, 2.75) is 51.1 Å². The fourth-order valence-electron chi connectivity index (χ4n) is 4.40. The molecule has 2 heterocycles. The normalized spacial score (nSPS) is 13.3. The largest absolute Gasteiger partial charge is 0.488 e. The van der Waals surface area contributed by atoms with Crippen molar-refractivity contribution in [3.8, 4) is 17.0 Å². The first-order chi connectivity index (χ1) is 20.9. The van der Waals surface area contributed by atoms with Crippen LogP contribution in [0.2, 0.25) is 0 Å². The zero-order chi connectivity index (χ0) is 31.6. The molecular weight excluding hydrogens is 674 g/mol. The predicted molar refractivity (Wildman–Crippen MR) is 172 cm³/mol. The third-order valence-corrected chi connectivity index (χ3v) is 10.8. The summed E-state index contributed by atoms with van der Waals surface area (Å²) in [6.45, 7) is 6.64. The Morgan fingerprint density at radius 3 is 2.55 bits per heavy atom. The van der Waals surface area contributed by atoms with Crippen LogP contribution in [0.1, 0.15) is 44.4 Å². The van der Waals surface area contributed by atoms with Gasteiger partial charge in [0.2, 0.25) is 0 Å². The highest BCUT2D eigenvalue weighted by atomic mass is 79.9. The van der Waals surface area contributed by atoms with Gasteiger partial charge in [-0.2, -0.15) is 0 Å². The number of rotatable bonds is 11. The summed E-state index contributed by atoms with van der Waals surface area (Å²) in [5, 5.41) is 5.49. The molecule has 13 heteroatoms. The first-order valence-corrected chi connectivity index (χ1v) is 16.9. The van der Waals surface area contributed by atoms with Gasteiger partial charge in [-0.05, 0) is 85.6 Å². The Balaban J connectivity index is 1.36. The summed E-state index contributed by atoms with van der Waals surface area (Å²) < 4.78 is 66.0. The molecule has 2 unspecified atom stereocenters. The molecule has 0 radical (unpaired) electrons. The van der Waals surface area contributed by atoms with Gasteiger partial charge in [0, 0.05) is 28.1 Å². The smallest absolute Gasteiger partial charge is 0.179 e. The molecule has 0 saturated carbocycles. The van der Waals surface area contributed by atoms with E-state index in [1.807, 2.05) is 6.07 Å². The van der Waals surface area contributed by atoms with Gasteiger partial charge in [0.25, 0.3) is 0 Å². The van der Waals surface area contributed by atoms with Crippen LogP contribution in [-0.2, 0) is 21.2 Å². The molecule has 2 aromatic heterocycles. The van der Waals surface area contributed by atoms with Gasteiger partial charge in [0.1, 0.15) is 47.2 Å². The zero-order valence-electron chi connectivity index (χ0n) is 24.2. The lowest BCUT2D eigenvalue weighted by Gasteiger charge is -2.19. The van der Waals surface area contributed by atoms with E-state index in [0.29, 0.717) is 48.9 Å². The number of halogens is 3. The molecule has 1 N–H and O–H groups in total. The van der Waals surface area contributed by atoms with Gasteiger partial charge < -0.3 is 14.8 Å². The number of thiazole rings is 1. The summed E-state index contributed by atoms with van der Waals surface area (Å²) in [6, 6.07) is 14.6. The van der Waals surface area contributed by atoms with Crippen molar-refractivity contribution >= 4 is 59.5 Å². The van der Waals surface area contributed by atoms with Crippen molar-refractivity contribution < 1.29 is 26.7 Å². The van der Waals surface area contributed by atoms with Crippen LogP contribution in [0.15, 0.2) is 70.8 Å². The second kappa shape index (κ2) is 13.2. The van der Waals surface area contributed by atoms with E-state index in [1.165, 1.54) is 42.8 Å². The Morgan fingerprint density at radius 2 is 1.82 bits per heavy atom. The maximum absolute atomic E-state index is 15.3. The summed E-state index contributed by atoms with van der Waals surface area (Å²) in [6.07, 6.45) is 0.738. The lowest BCUT2D eigenvalue weighted by atomic mass is 10.1. The predicted octanol–water partition coefficient (Wildman–Crippen LogP) is 8.36. The molecule has 0 aliphatic rings. The fourth-order valence-corrected chi connectivity index (χ4v) is 6.79. The maximum atomic E-state index is 15.3. The second-order valence-electron chi connectivity index (χ2n) is 10.3. The Kier molecular flexibility index (Phi) is 9.59. The number of fused-ring (bicyclic) bond motifs is 1. The highest BCUT2D eigenvalue weighted by molar-refractivity contribution is 9.10. The number of hydrogen-bond donors (Lipinski definition) is 1. The van der Waals surface area contributed by atoms with Crippen molar-refractivity contribution in [2.75, 3.05) is 5.32 Å². The van der Waals surface area contributed by atoms with E-state index in [2.05, 4.69) is 36.2 Å². The first kappa shape index (κ1) is 31.9. The van der Waals surface area contributed by atoms with E-state index in [9.17, 15) is 12.8 Å². The minimum atomic E-state index is -3.46. The molecule has 0 bridgehead atoms. The minimum Gasteiger partial charge on any atom is -0.488 e. The number of ether oxygens (including phenoxy) is 2. The Labute approximate surface area is 266 Å². The van der Waals surface area contributed by atoms with Crippen LogP contribution in [-0.4, -0.2) is 34.1 Å². The Hall–Kier alpha value is -3.52. The number of benzene rings is 3. The molecule has 0 saturated heterocycles. The third kappa shape index (κ3) is 7.06. The van der Waals surface area contributed by atoms with Crippen molar-refractivity contribution in [1.29, 1.82) is 0 Å². The van der Waals surface area contributed by atoms with Crippen LogP contribution in [0.5, 0.6) is 5.75 Å². The molecule has 2 atom stereocenters. The van der Waals surface area contributed by atoms with Crippen LogP contribution in [0, 0.1) is 11.6 Å². The minimum absolute atomic E-state index is 0.202. The van der Waals surface area contributed by atoms with Crippen molar-refractivity contribution in [3.05, 3.63) is 93.0 Å². The summed E-state index contributed by atoms with van der Waals surface area (Å²) in [7, 11) is -3.46. The number of hydrogen-bond acceptors (Lipinski definition) is 9. The zero-order valence-corrected chi connectivity index (χ0v) is 27.4. The third-order valence-electron chi connectivity index (χ3n) is 6.86. The van der Waals surface area contributed by atoms with E-state index in [4.69, 9.17) is 9.47 Å². The van der Waals surface area contributed by atoms with Crippen LogP contribution < -0.4 is 10.1 Å². The number of nitrogens with zero attached hydrogens (tertiary/aromatic N) is 3. The van der Waals surface area contributed by atoms with Gasteiger partial charge in [-0.15, -0.1) is 11.3 Å². The van der Waals surface area contributed by atoms with Gasteiger partial charge >= 0.3 is 0 Å². The van der Waals surface area contributed by atoms with Crippen LogP contribution in [0.4, 0.5) is 20.3 Å². The summed E-state index contributed by atoms with van der Waals surface area (Å²) in [4.78, 5) is 13.2. The van der Waals surface area contributed by atoms with Crippen molar-refractivity contribution in [2.24, 2.45) is 0 Å². The summed E-state index contributed by atoms with van der Waals surface area (Å²) in [5.74, 6) is 0.195. The highest BCUT2D eigenvalue weighted by Crippen LogP contribution is 2.35. The number of sulfone groups is 1. The molecule has 3 aromatic carbocycles. The van der Waals surface area contributed by atoms with Crippen LogP contribution in [0.25, 0.3) is 22.2 Å². The fraction of sp³-hybridized carbons (Fsp3) is 0.258. The van der Waals surface area contributed by atoms with Crippen molar-refractivity contribution in [1.82, 2.24) is 15.0 Å². The Morgan fingerprint density at radius 1 is 1.02 bits per heavy atom.